The minimum Gasteiger partial charge on any atom is -0.388 e. The third-order valence-corrected chi connectivity index (χ3v) is 4.13. The molecule has 0 bridgehead atoms. The van der Waals surface area contributed by atoms with Crippen LogP contribution in [0.25, 0.3) is 0 Å². The Balaban J connectivity index is 1.86. The summed E-state index contributed by atoms with van der Waals surface area (Å²) in [5.41, 5.74) is 0.797. The van der Waals surface area contributed by atoms with Gasteiger partial charge in [0.25, 0.3) is 0 Å². The highest BCUT2D eigenvalue weighted by atomic mass is 19.1. The molecule has 4 heteroatoms. The number of nitrogens with zero attached hydrogens (tertiary/aromatic N) is 2. The second-order valence-corrected chi connectivity index (χ2v) is 5.86. The Hall–Kier alpha value is -0.970. The van der Waals surface area contributed by atoms with Crippen molar-refractivity contribution in [3.05, 3.63) is 35.6 Å². The molecule has 112 valence electrons. The normalized spacial score (nSPS) is 23.5. The van der Waals surface area contributed by atoms with E-state index in [-0.39, 0.29) is 5.82 Å². The number of hydrogen-bond acceptors (Lipinski definition) is 3. The average Bonchev–Trinajstić information content (AvgIpc) is 2.57. The number of rotatable bonds is 4. The Morgan fingerprint density at radius 1 is 1.30 bits per heavy atom. The van der Waals surface area contributed by atoms with Gasteiger partial charge < -0.3 is 10.0 Å². The molecule has 0 radical (unpaired) electrons. The molecule has 3 nitrogen and oxygen atoms in total. The van der Waals surface area contributed by atoms with E-state index in [2.05, 4.69) is 23.8 Å². The van der Waals surface area contributed by atoms with E-state index < -0.39 is 6.10 Å². The van der Waals surface area contributed by atoms with Gasteiger partial charge in [-0.1, -0.05) is 12.1 Å². The first-order valence-electron chi connectivity index (χ1n) is 7.42. The Bertz CT molecular complexity index is 409. The molecule has 1 aromatic rings. The molecule has 1 aromatic carbocycles. The fourth-order valence-corrected chi connectivity index (χ4v) is 2.89. The van der Waals surface area contributed by atoms with Gasteiger partial charge in [-0.05, 0) is 57.6 Å². The lowest BCUT2D eigenvalue weighted by Gasteiger charge is -2.28. The van der Waals surface area contributed by atoms with Gasteiger partial charge in [0.1, 0.15) is 5.82 Å². The van der Waals surface area contributed by atoms with Crippen molar-refractivity contribution >= 4 is 0 Å². The van der Waals surface area contributed by atoms with Gasteiger partial charge in [-0.15, -0.1) is 0 Å². The van der Waals surface area contributed by atoms with Crippen LogP contribution in [0.15, 0.2) is 24.3 Å². The molecule has 0 aliphatic carbocycles. The molecular formula is C16H25FN2O. The SMILES string of the molecule is CC1CN(C)CCCN1CCC(O)c1ccc(F)cc1. The number of likely N-dealkylation sites (N-methyl/N-ethyl adjacent to an activating group) is 1. The molecule has 2 rings (SSSR count). The molecule has 1 heterocycles. The monoisotopic (exact) mass is 280 g/mol. The zero-order valence-electron chi connectivity index (χ0n) is 12.4. The van der Waals surface area contributed by atoms with Crippen LogP contribution in [0.3, 0.4) is 0 Å². The van der Waals surface area contributed by atoms with E-state index in [4.69, 9.17) is 0 Å². The first kappa shape index (κ1) is 15.4. The molecule has 0 aromatic heterocycles. The highest BCUT2D eigenvalue weighted by molar-refractivity contribution is 5.18. The molecule has 0 amide bonds. The second kappa shape index (κ2) is 7.16. The van der Waals surface area contributed by atoms with Crippen molar-refractivity contribution in [3.8, 4) is 0 Å². The van der Waals surface area contributed by atoms with Crippen molar-refractivity contribution in [1.29, 1.82) is 0 Å². The number of aliphatic hydroxyl groups is 1. The number of benzene rings is 1. The average molecular weight is 280 g/mol. The van der Waals surface area contributed by atoms with Crippen molar-refractivity contribution in [2.24, 2.45) is 0 Å². The summed E-state index contributed by atoms with van der Waals surface area (Å²) in [6.45, 7) is 6.43. The molecule has 1 aliphatic heterocycles. The number of halogens is 1. The van der Waals surface area contributed by atoms with Crippen LogP contribution < -0.4 is 0 Å². The van der Waals surface area contributed by atoms with Crippen LogP contribution in [0, 0.1) is 5.82 Å². The van der Waals surface area contributed by atoms with Crippen LogP contribution in [-0.4, -0.2) is 54.2 Å². The van der Waals surface area contributed by atoms with E-state index in [1.165, 1.54) is 18.6 Å². The van der Waals surface area contributed by atoms with Crippen LogP contribution >= 0.6 is 0 Å². The number of hydrogen-bond donors (Lipinski definition) is 1. The highest BCUT2D eigenvalue weighted by Gasteiger charge is 2.20. The summed E-state index contributed by atoms with van der Waals surface area (Å²) in [7, 11) is 2.16. The molecule has 0 saturated carbocycles. The van der Waals surface area contributed by atoms with Gasteiger partial charge >= 0.3 is 0 Å². The molecule has 20 heavy (non-hydrogen) atoms. The summed E-state index contributed by atoms with van der Waals surface area (Å²) >= 11 is 0. The van der Waals surface area contributed by atoms with Gasteiger partial charge in [-0.25, -0.2) is 4.39 Å². The van der Waals surface area contributed by atoms with Gasteiger partial charge in [0.15, 0.2) is 0 Å². The quantitative estimate of drug-likeness (QED) is 0.916. The first-order chi connectivity index (χ1) is 9.56. The summed E-state index contributed by atoms with van der Waals surface area (Å²) in [5, 5.41) is 10.2. The zero-order chi connectivity index (χ0) is 14.5. The van der Waals surface area contributed by atoms with Gasteiger partial charge in [0, 0.05) is 19.1 Å². The predicted octanol–water partition coefficient (Wildman–Crippen LogP) is 2.28. The van der Waals surface area contributed by atoms with Gasteiger partial charge in [0.05, 0.1) is 6.10 Å². The molecule has 2 unspecified atom stereocenters. The molecule has 0 spiro atoms. The third-order valence-electron chi connectivity index (χ3n) is 4.13. The van der Waals surface area contributed by atoms with E-state index in [0.717, 1.165) is 31.7 Å². The largest absolute Gasteiger partial charge is 0.388 e. The maximum Gasteiger partial charge on any atom is 0.123 e. The lowest BCUT2D eigenvalue weighted by Crippen LogP contribution is -2.38. The maximum absolute atomic E-state index is 12.9. The van der Waals surface area contributed by atoms with E-state index >= 15 is 0 Å². The van der Waals surface area contributed by atoms with Crippen LogP contribution in [0.5, 0.6) is 0 Å². The maximum atomic E-state index is 12.9. The van der Waals surface area contributed by atoms with Crippen molar-refractivity contribution in [2.75, 3.05) is 33.2 Å². The van der Waals surface area contributed by atoms with Crippen LogP contribution in [0.2, 0.25) is 0 Å². The summed E-state index contributed by atoms with van der Waals surface area (Å²) in [4.78, 5) is 4.80. The molecule has 1 aliphatic rings. The van der Waals surface area contributed by atoms with Crippen molar-refractivity contribution in [3.63, 3.8) is 0 Å². The van der Waals surface area contributed by atoms with Crippen LogP contribution in [0.4, 0.5) is 4.39 Å². The summed E-state index contributed by atoms with van der Waals surface area (Å²) in [5.74, 6) is -0.259. The Kier molecular flexibility index (Phi) is 5.52. The Morgan fingerprint density at radius 2 is 2.00 bits per heavy atom. The molecule has 1 saturated heterocycles. The van der Waals surface area contributed by atoms with Gasteiger partial charge in [0.2, 0.25) is 0 Å². The zero-order valence-corrected chi connectivity index (χ0v) is 12.4. The lowest BCUT2D eigenvalue weighted by molar-refractivity contribution is 0.127. The van der Waals surface area contributed by atoms with Gasteiger partial charge in [-0.2, -0.15) is 0 Å². The van der Waals surface area contributed by atoms with E-state index in [1.54, 1.807) is 12.1 Å². The van der Waals surface area contributed by atoms with E-state index in [1.807, 2.05) is 0 Å². The minimum atomic E-state index is -0.510. The predicted molar refractivity (Wildman–Crippen MR) is 79.1 cm³/mol. The molecule has 2 atom stereocenters. The van der Waals surface area contributed by atoms with Crippen molar-refractivity contribution in [2.45, 2.75) is 31.9 Å². The highest BCUT2D eigenvalue weighted by Crippen LogP contribution is 2.19. The topological polar surface area (TPSA) is 26.7 Å². The molecular weight excluding hydrogens is 255 g/mol. The fraction of sp³-hybridized carbons (Fsp3) is 0.625. The van der Waals surface area contributed by atoms with Crippen LogP contribution in [-0.2, 0) is 0 Å². The second-order valence-electron chi connectivity index (χ2n) is 5.86. The number of aliphatic hydroxyl groups excluding tert-OH is 1. The van der Waals surface area contributed by atoms with E-state index in [9.17, 15) is 9.50 Å². The minimum absolute atomic E-state index is 0.259. The third kappa shape index (κ3) is 4.27. The lowest BCUT2D eigenvalue weighted by atomic mass is 10.1. The summed E-state index contributed by atoms with van der Waals surface area (Å²) in [6, 6.07) is 6.66. The Morgan fingerprint density at radius 3 is 2.70 bits per heavy atom. The molecule has 1 fully saturated rings. The van der Waals surface area contributed by atoms with Crippen molar-refractivity contribution in [1.82, 2.24) is 9.80 Å². The van der Waals surface area contributed by atoms with E-state index in [0.29, 0.717) is 12.5 Å². The van der Waals surface area contributed by atoms with Crippen LogP contribution in [0.1, 0.15) is 31.4 Å². The van der Waals surface area contributed by atoms with Gasteiger partial charge in [-0.3, -0.25) is 4.90 Å². The smallest absolute Gasteiger partial charge is 0.123 e. The summed E-state index contributed by atoms with van der Waals surface area (Å²) in [6.07, 6.45) is 1.36. The standard InChI is InChI=1S/C16H25FN2O/c1-13-12-18(2)9-3-10-19(13)11-8-16(20)14-4-6-15(17)7-5-14/h4-7,13,16,20H,3,8-12H2,1-2H3. The Labute approximate surface area is 121 Å². The van der Waals surface area contributed by atoms with Crippen molar-refractivity contribution < 1.29 is 9.50 Å². The fourth-order valence-electron chi connectivity index (χ4n) is 2.89. The summed E-state index contributed by atoms with van der Waals surface area (Å²) < 4.78 is 12.9. The molecule has 1 N–H and O–H groups in total. The first-order valence-corrected chi connectivity index (χ1v) is 7.42.